The number of amides is 1. The lowest BCUT2D eigenvalue weighted by Gasteiger charge is -2.27. The van der Waals surface area contributed by atoms with Crippen molar-refractivity contribution >= 4 is 11.9 Å². The molecule has 4 nitrogen and oxygen atoms in total. The van der Waals surface area contributed by atoms with Gasteiger partial charge in [-0.05, 0) is 43.5 Å². The number of rotatable bonds is 2. The summed E-state index contributed by atoms with van der Waals surface area (Å²) in [4.78, 5) is 25.3. The van der Waals surface area contributed by atoms with Gasteiger partial charge in [0.15, 0.2) is 0 Å². The summed E-state index contributed by atoms with van der Waals surface area (Å²) >= 11 is 0. The molecule has 1 fully saturated rings. The van der Waals surface area contributed by atoms with E-state index in [1.165, 1.54) is 23.1 Å². The number of aliphatic carboxylic acids is 1. The van der Waals surface area contributed by atoms with Gasteiger partial charge in [-0.3, -0.25) is 4.79 Å². The highest BCUT2D eigenvalue weighted by molar-refractivity contribution is 5.97. The summed E-state index contributed by atoms with van der Waals surface area (Å²) < 4.78 is 13.1. The summed E-state index contributed by atoms with van der Waals surface area (Å²) in [6, 6.07) is 3.17. The van der Waals surface area contributed by atoms with E-state index < -0.39 is 17.8 Å². The topological polar surface area (TPSA) is 57.6 Å². The summed E-state index contributed by atoms with van der Waals surface area (Å²) in [5, 5.41) is 9.29. The third-order valence-electron chi connectivity index (χ3n) is 3.72. The molecule has 1 aromatic carbocycles. The number of aryl methyl sites for hydroxylation is 1. The maximum atomic E-state index is 13.1. The minimum Gasteiger partial charge on any atom is -0.480 e. The van der Waals surface area contributed by atoms with Gasteiger partial charge in [0, 0.05) is 12.1 Å². The SMILES string of the molecule is Cc1cc(F)ccc1C(=O)N1CCCCCC1C(=O)O. The Bertz CT molecular complexity index is 530. The normalized spacial score (nSPS) is 19.5. The third kappa shape index (κ3) is 2.98. The smallest absolute Gasteiger partial charge is 0.326 e. The molecule has 1 saturated heterocycles. The van der Waals surface area contributed by atoms with E-state index in [1.807, 2.05) is 0 Å². The largest absolute Gasteiger partial charge is 0.480 e. The van der Waals surface area contributed by atoms with Crippen LogP contribution in [-0.2, 0) is 4.79 Å². The van der Waals surface area contributed by atoms with Crippen molar-refractivity contribution in [2.24, 2.45) is 0 Å². The first kappa shape index (κ1) is 14.5. The van der Waals surface area contributed by atoms with Crippen molar-refractivity contribution < 1.29 is 19.1 Å². The highest BCUT2D eigenvalue weighted by Gasteiger charge is 2.31. The Balaban J connectivity index is 2.31. The quantitative estimate of drug-likeness (QED) is 0.905. The van der Waals surface area contributed by atoms with Crippen LogP contribution in [0.1, 0.15) is 41.6 Å². The molecule has 108 valence electrons. The van der Waals surface area contributed by atoms with Crippen LogP contribution < -0.4 is 0 Å². The number of carboxylic acid groups (broad SMARTS) is 1. The number of likely N-dealkylation sites (tertiary alicyclic amines) is 1. The highest BCUT2D eigenvalue weighted by Crippen LogP contribution is 2.21. The molecule has 1 aromatic rings. The molecule has 1 amide bonds. The van der Waals surface area contributed by atoms with Crippen molar-refractivity contribution in [1.29, 1.82) is 0 Å². The maximum Gasteiger partial charge on any atom is 0.326 e. The van der Waals surface area contributed by atoms with Gasteiger partial charge in [0.1, 0.15) is 11.9 Å². The van der Waals surface area contributed by atoms with Crippen molar-refractivity contribution in [3.05, 3.63) is 35.1 Å². The van der Waals surface area contributed by atoms with Crippen molar-refractivity contribution in [1.82, 2.24) is 4.90 Å². The number of carbonyl (C=O) groups excluding carboxylic acids is 1. The molecular weight excluding hydrogens is 261 g/mol. The highest BCUT2D eigenvalue weighted by atomic mass is 19.1. The fraction of sp³-hybridized carbons (Fsp3) is 0.467. The van der Waals surface area contributed by atoms with Crippen molar-refractivity contribution in [2.75, 3.05) is 6.54 Å². The molecule has 1 N–H and O–H groups in total. The van der Waals surface area contributed by atoms with E-state index in [-0.39, 0.29) is 5.91 Å². The second-order valence-electron chi connectivity index (χ2n) is 5.16. The molecule has 1 heterocycles. The maximum absolute atomic E-state index is 13.1. The van der Waals surface area contributed by atoms with Crippen LogP contribution in [0.25, 0.3) is 0 Å². The molecule has 2 rings (SSSR count). The van der Waals surface area contributed by atoms with Gasteiger partial charge in [0.05, 0.1) is 0 Å². The zero-order valence-corrected chi connectivity index (χ0v) is 11.4. The van der Waals surface area contributed by atoms with Crippen molar-refractivity contribution in [3.63, 3.8) is 0 Å². The first-order valence-corrected chi connectivity index (χ1v) is 6.80. The zero-order valence-electron chi connectivity index (χ0n) is 11.4. The van der Waals surface area contributed by atoms with Crippen molar-refractivity contribution in [2.45, 2.75) is 38.6 Å². The third-order valence-corrected chi connectivity index (χ3v) is 3.72. The Labute approximate surface area is 117 Å². The molecule has 0 saturated carbocycles. The molecule has 5 heteroatoms. The number of benzene rings is 1. The average molecular weight is 279 g/mol. The summed E-state index contributed by atoms with van der Waals surface area (Å²) in [6.45, 7) is 2.09. The Morgan fingerprint density at radius 1 is 1.30 bits per heavy atom. The number of hydrogen-bond donors (Lipinski definition) is 1. The fourth-order valence-electron chi connectivity index (χ4n) is 2.63. The molecule has 0 aromatic heterocycles. The lowest BCUT2D eigenvalue weighted by Crippen LogP contribution is -2.44. The van der Waals surface area contributed by atoms with E-state index in [0.717, 1.165) is 19.3 Å². The molecule has 0 aliphatic carbocycles. The molecule has 0 spiro atoms. The van der Waals surface area contributed by atoms with Crippen LogP contribution in [0.3, 0.4) is 0 Å². The van der Waals surface area contributed by atoms with Gasteiger partial charge < -0.3 is 10.0 Å². The van der Waals surface area contributed by atoms with Crippen LogP contribution >= 0.6 is 0 Å². The molecular formula is C15H18FNO3. The van der Waals surface area contributed by atoms with Crippen LogP contribution in [0.15, 0.2) is 18.2 Å². The molecule has 0 radical (unpaired) electrons. The Kier molecular flexibility index (Phi) is 4.37. The van der Waals surface area contributed by atoms with Gasteiger partial charge in [0.25, 0.3) is 5.91 Å². The van der Waals surface area contributed by atoms with Gasteiger partial charge in [-0.2, -0.15) is 0 Å². The standard InChI is InChI=1S/C15H18FNO3/c1-10-9-11(16)6-7-12(10)14(18)17-8-4-2-3-5-13(17)15(19)20/h6-7,9,13H,2-5,8H2,1H3,(H,19,20). The van der Waals surface area contributed by atoms with Crippen molar-refractivity contribution in [3.8, 4) is 0 Å². The lowest BCUT2D eigenvalue weighted by molar-refractivity contribution is -0.142. The molecule has 1 aliphatic heterocycles. The number of carboxylic acids is 1. The summed E-state index contributed by atoms with van der Waals surface area (Å²) in [5.41, 5.74) is 0.905. The van der Waals surface area contributed by atoms with E-state index in [0.29, 0.717) is 24.1 Å². The Morgan fingerprint density at radius 2 is 2.05 bits per heavy atom. The summed E-state index contributed by atoms with van der Waals surface area (Å²) in [5.74, 6) is -1.69. The Hall–Kier alpha value is -1.91. The van der Waals surface area contributed by atoms with E-state index in [2.05, 4.69) is 0 Å². The van der Waals surface area contributed by atoms with Gasteiger partial charge in [-0.15, -0.1) is 0 Å². The number of carbonyl (C=O) groups is 2. The minimum atomic E-state index is -0.972. The minimum absolute atomic E-state index is 0.322. The van der Waals surface area contributed by atoms with Gasteiger partial charge in [0.2, 0.25) is 0 Å². The summed E-state index contributed by atoms with van der Waals surface area (Å²) in [6.07, 6.45) is 3.01. The van der Waals surface area contributed by atoms with E-state index in [9.17, 15) is 19.1 Å². The van der Waals surface area contributed by atoms with Crippen LogP contribution in [0, 0.1) is 12.7 Å². The van der Waals surface area contributed by atoms with Crippen LogP contribution in [0.2, 0.25) is 0 Å². The monoisotopic (exact) mass is 279 g/mol. The fourth-order valence-corrected chi connectivity index (χ4v) is 2.63. The molecule has 20 heavy (non-hydrogen) atoms. The first-order valence-electron chi connectivity index (χ1n) is 6.80. The van der Waals surface area contributed by atoms with Crippen LogP contribution in [0.5, 0.6) is 0 Å². The number of nitrogens with zero attached hydrogens (tertiary/aromatic N) is 1. The predicted octanol–water partition coefficient (Wildman–Crippen LogP) is 2.60. The van der Waals surface area contributed by atoms with Crippen LogP contribution in [0.4, 0.5) is 4.39 Å². The lowest BCUT2D eigenvalue weighted by atomic mass is 10.1. The van der Waals surface area contributed by atoms with E-state index >= 15 is 0 Å². The number of hydrogen-bond acceptors (Lipinski definition) is 2. The molecule has 1 atom stereocenters. The van der Waals surface area contributed by atoms with Gasteiger partial charge in [-0.1, -0.05) is 12.8 Å². The number of halogens is 1. The predicted molar refractivity (Wildman–Crippen MR) is 72.1 cm³/mol. The van der Waals surface area contributed by atoms with E-state index in [4.69, 9.17) is 0 Å². The van der Waals surface area contributed by atoms with Gasteiger partial charge in [-0.25, -0.2) is 9.18 Å². The van der Waals surface area contributed by atoms with E-state index in [1.54, 1.807) is 6.92 Å². The average Bonchev–Trinajstić information content (AvgIpc) is 2.63. The molecule has 1 unspecified atom stereocenters. The summed E-state index contributed by atoms with van der Waals surface area (Å²) in [7, 11) is 0. The zero-order chi connectivity index (χ0) is 14.7. The molecule has 1 aliphatic rings. The second-order valence-corrected chi connectivity index (χ2v) is 5.16. The van der Waals surface area contributed by atoms with Crippen LogP contribution in [-0.4, -0.2) is 34.5 Å². The first-order chi connectivity index (χ1) is 9.50. The molecule has 0 bridgehead atoms. The Morgan fingerprint density at radius 3 is 2.70 bits per heavy atom. The second kappa shape index (κ2) is 6.03. The van der Waals surface area contributed by atoms with Gasteiger partial charge >= 0.3 is 5.97 Å².